The van der Waals surface area contributed by atoms with E-state index in [1.54, 1.807) is 6.07 Å². The minimum Gasteiger partial charge on any atom is -0.478 e. The van der Waals surface area contributed by atoms with Gasteiger partial charge in [-0.25, -0.2) is 14.4 Å². The number of nitrogens with zero attached hydrogens (tertiary/aromatic N) is 1. The van der Waals surface area contributed by atoms with Crippen molar-refractivity contribution in [1.29, 1.82) is 5.26 Å². The van der Waals surface area contributed by atoms with Gasteiger partial charge in [0.05, 0.1) is 11.1 Å². The van der Waals surface area contributed by atoms with Crippen LogP contribution in [0.1, 0.15) is 11.1 Å². The van der Waals surface area contributed by atoms with Crippen LogP contribution in [0, 0.1) is 11.3 Å². The summed E-state index contributed by atoms with van der Waals surface area (Å²) in [6, 6.07) is 28.5. The molecule has 1 aliphatic rings. The largest absolute Gasteiger partial charge is 0.478 e. The van der Waals surface area contributed by atoms with Gasteiger partial charge >= 0.3 is 17.9 Å². The summed E-state index contributed by atoms with van der Waals surface area (Å²) in [5.74, 6) is -2.29. The van der Waals surface area contributed by atoms with Crippen LogP contribution in [0.15, 0.2) is 97.1 Å². The summed E-state index contributed by atoms with van der Waals surface area (Å²) < 4.78 is 4.47. The first kappa shape index (κ1) is 22.2. The number of aliphatic carboxylic acids is 1. The van der Waals surface area contributed by atoms with Crippen LogP contribution in [0.4, 0.5) is 0 Å². The molecule has 34 heavy (non-hydrogen) atoms. The molecule has 0 amide bonds. The summed E-state index contributed by atoms with van der Waals surface area (Å²) in [5, 5.41) is 21.7. The third-order valence-corrected chi connectivity index (χ3v) is 5.18. The molecule has 1 heterocycles. The molecule has 0 aromatic heterocycles. The molecule has 0 radical (unpaired) electrons. The molecular formula is C28H17NO5. The summed E-state index contributed by atoms with van der Waals surface area (Å²) in [7, 11) is 0. The number of cyclic esters (lactones) is 2. The zero-order valence-electron chi connectivity index (χ0n) is 17.8. The lowest BCUT2D eigenvalue weighted by atomic mass is 10.0. The lowest BCUT2D eigenvalue weighted by Crippen LogP contribution is -2.01. The minimum atomic E-state index is -1.12. The molecule has 164 valence electrons. The molecule has 0 spiro atoms. The molecule has 5 rings (SSSR count). The van der Waals surface area contributed by atoms with E-state index in [0.717, 1.165) is 27.6 Å². The minimum absolute atomic E-state index is 0.156. The van der Waals surface area contributed by atoms with E-state index in [0.29, 0.717) is 16.7 Å². The van der Waals surface area contributed by atoms with Gasteiger partial charge in [-0.3, -0.25) is 0 Å². The maximum absolute atomic E-state index is 11.4. The van der Waals surface area contributed by atoms with Crippen LogP contribution in [-0.2, 0) is 19.1 Å². The summed E-state index contributed by atoms with van der Waals surface area (Å²) in [5.41, 5.74) is 1.80. The molecular weight excluding hydrogens is 430 g/mol. The fourth-order valence-electron chi connectivity index (χ4n) is 3.57. The third kappa shape index (κ3) is 4.90. The number of benzene rings is 4. The first-order chi connectivity index (χ1) is 16.4. The quantitative estimate of drug-likeness (QED) is 0.202. The fourth-order valence-corrected chi connectivity index (χ4v) is 3.57. The second-order valence-electron chi connectivity index (χ2n) is 7.40. The second-order valence-corrected chi connectivity index (χ2v) is 7.40. The summed E-state index contributed by atoms with van der Waals surface area (Å²) >= 11 is 0. The Labute approximate surface area is 194 Å². The van der Waals surface area contributed by atoms with Gasteiger partial charge in [0, 0.05) is 12.2 Å². The highest BCUT2D eigenvalue weighted by Crippen LogP contribution is 2.25. The van der Waals surface area contributed by atoms with Crippen molar-refractivity contribution < 1.29 is 24.2 Å². The molecule has 0 bridgehead atoms. The molecule has 0 fully saturated rings. The Morgan fingerprint density at radius 2 is 1.41 bits per heavy atom. The maximum atomic E-state index is 11.4. The monoisotopic (exact) mass is 447 g/mol. The van der Waals surface area contributed by atoms with E-state index < -0.39 is 17.9 Å². The molecule has 0 unspecified atom stereocenters. The maximum Gasteiger partial charge on any atom is 0.346 e. The summed E-state index contributed by atoms with van der Waals surface area (Å²) in [6.45, 7) is 0. The molecule has 0 atom stereocenters. The highest BCUT2D eigenvalue weighted by molar-refractivity contribution is 6.28. The van der Waals surface area contributed by atoms with Crippen molar-refractivity contribution in [3.63, 3.8) is 0 Å². The summed E-state index contributed by atoms with van der Waals surface area (Å²) in [4.78, 5) is 33.0. The van der Waals surface area contributed by atoms with Crippen molar-refractivity contribution in [3.05, 3.63) is 108 Å². The zero-order chi connectivity index (χ0) is 24.1. The Morgan fingerprint density at radius 3 is 1.97 bits per heavy atom. The van der Waals surface area contributed by atoms with Crippen molar-refractivity contribution in [2.45, 2.75) is 0 Å². The SMILES string of the molecule is N#C/C(=C\C(=O)O)c1ccc2ccccc2c1.O=C1C=C(c2ccc3ccccc3c2)C(=O)O1. The van der Waals surface area contributed by atoms with Crippen LogP contribution in [0.3, 0.4) is 0 Å². The van der Waals surface area contributed by atoms with Crippen molar-refractivity contribution >= 4 is 50.6 Å². The highest BCUT2D eigenvalue weighted by atomic mass is 16.6. The van der Waals surface area contributed by atoms with Crippen molar-refractivity contribution in [2.75, 3.05) is 0 Å². The number of ether oxygens (including phenoxy) is 1. The van der Waals surface area contributed by atoms with Gasteiger partial charge < -0.3 is 9.84 Å². The van der Waals surface area contributed by atoms with Crippen molar-refractivity contribution in [1.82, 2.24) is 0 Å². The van der Waals surface area contributed by atoms with Gasteiger partial charge in [0.25, 0.3) is 0 Å². The predicted molar refractivity (Wildman–Crippen MR) is 128 cm³/mol. The van der Waals surface area contributed by atoms with Crippen LogP contribution < -0.4 is 0 Å². The molecule has 1 aliphatic heterocycles. The number of carboxylic acid groups (broad SMARTS) is 1. The number of esters is 2. The van der Waals surface area contributed by atoms with Gasteiger partial charge in [0.2, 0.25) is 0 Å². The molecule has 4 aromatic rings. The van der Waals surface area contributed by atoms with Gasteiger partial charge in [-0.2, -0.15) is 5.26 Å². The Kier molecular flexibility index (Phi) is 6.29. The number of rotatable bonds is 3. The van der Waals surface area contributed by atoms with Gasteiger partial charge in [0.15, 0.2) is 0 Å². The van der Waals surface area contributed by atoms with Gasteiger partial charge in [0.1, 0.15) is 6.07 Å². The van der Waals surface area contributed by atoms with Gasteiger partial charge in [-0.1, -0.05) is 72.8 Å². The highest BCUT2D eigenvalue weighted by Gasteiger charge is 2.24. The first-order valence-corrected chi connectivity index (χ1v) is 10.3. The van der Waals surface area contributed by atoms with Crippen LogP contribution in [-0.4, -0.2) is 23.0 Å². The summed E-state index contributed by atoms with van der Waals surface area (Å²) in [6.07, 6.45) is 2.15. The smallest absolute Gasteiger partial charge is 0.346 e. The number of carbonyl (C=O) groups is 3. The Balaban J connectivity index is 0.000000161. The van der Waals surface area contributed by atoms with Crippen LogP contribution >= 0.6 is 0 Å². The molecule has 6 heteroatoms. The Morgan fingerprint density at radius 1 is 0.824 bits per heavy atom. The number of hydrogen-bond acceptors (Lipinski definition) is 5. The number of fused-ring (bicyclic) bond motifs is 2. The normalized spacial score (nSPS) is 13.0. The average Bonchev–Trinajstić information content (AvgIpc) is 3.20. The first-order valence-electron chi connectivity index (χ1n) is 10.3. The molecule has 0 aliphatic carbocycles. The Hall–Kier alpha value is -5.02. The zero-order valence-corrected chi connectivity index (χ0v) is 17.8. The van der Waals surface area contributed by atoms with E-state index >= 15 is 0 Å². The number of allylic oxidation sites excluding steroid dienone is 1. The molecule has 1 N–H and O–H groups in total. The standard InChI is InChI=1S/C14H9NO2.C14H8O3/c15-9-13(8-14(16)17)12-6-5-10-3-1-2-4-11(10)7-12;15-13-8-12(14(16)17-13)11-6-5-9-3-1-2-4-10(9)7-11/h1-8H,(H,16,17);1-8H/b13-8+;. The number of carbonyl (C=O) groups excluding carboxylic acids is 2. The van der Waals surface area contributed by atoms with E-state index in [1.807, 2.05) is 84.9 Å². The van der Waals surface area contributed by atoms with Gasteiger partial charge in [-0.05, 0) is 44.8 Å². The van der Waals surface area contributed by atoms with Crippen LogP contribution in [0.5, 0.6) is 0 Å². The topological polar surface area (TPSA) is 104 Å². The average molecular weight is 447 g/mol. The Bertz CT molecular complexity index is 1560. The van der Waals surface area contributed by atoms with E-state index in [-0.39, 0.29) is 5.57 Å². The number of nitriles is 1. The van der Waals surface area contributed by atoms with Crippen molar-refractivity contribution in [2.24, 2.45) is 0 Å². The van der Waals surface area contributed by atoms with E-state index in [4.69, 9.17) is 10.4 Å². The molecule has 4 aromatic carbocycles. The fraction of sp³-hybridized carbons (Fsp3) is 0. The van der Waals surface area contributed by atoms with Crippen molar-refractivity contribution in [3.8, 4) is 6.07 Å². The van der Waals surface area contributed by atoms with E-state index in [1.165, 1.54) is 6.08 Å². The number of hydrogen-bond donors (Lipinski definition) is 1. The lowest BCUT2D eigenvalue weighted by Gasteiger charge is -2.02. The molecule has 0 saturated heterocycles. The van der Waals surface area contributed by atoms with E-state index in [9.17, 15) is 14.4 Å². The molecule has 0 saturated carbocycles. The second kappa shape index (κ2) is 9.63. The van der Waals surface area contributed by atoms with Gasteiger partial charge in [-0.15, -0.1) is 0 Å². The van der Waals surface area contributed by atoms with E-state index in [2.05, 4.69) is 4.74 Å². The predicted octanol–water partition coefficient (Wildman–Crippen LogP) is 5.14. The van der Waals surface area contributed by atoms with Crippen LogP contribution in [0.2, 0.25) is 0 Å². The molecule has 6 nitrogen and oxygen atoms in total. The third-order valence-electron chi connectivity index (χ3n) is 5.18. The number of carboxylic acids is 1. The lowest BCUT2D eigenvalue weighted by molar-refractivity contribution is -0.149. The van der Waals surface area contributed by atoms with Crippen LogP contribution in [0.25, 0.3) is 32.7 Å².